The number of sulfonamides is 1. The van der Waals surface area contributed by atoms with Crippen molar-refractivity contribution in [1.29, 1.82) is 0 Å². The van der Waals surface area contributed by atoms with Gasteiger partial charge in [-0.1, -0.05) is 12.1 Å². The quantitative estimate of drug-likeness (QED) is 0.716. The summed E-state index contributed by atoms with van der Waals surface area (Å²) in [5, 5.41) is 0. The van der Waals surface area contributed by atoms with E-state index < -0.39 is 10.0 Å². The Kier molecular flexibility index (Phi) is 7.59. The maximum atomic E-state index is 12.0. The van der Waals surface area contributed by atoms with Gasteiger partial charge in [-0.3, -0.25) is 0 Å². The predicted molar refractivity (Wildman–Crippen MR) is 82.8 cm³/mol. The van der Waals surface area contributed by atoms with Gasteiger partial charge in [0.1, 0.15) is 10.7 Å². The van der Waals surface area contributed by atoms with Crippen LogP contribution in [0.3, 0.4) is 0 Å². The van der Waals surface area contributed by atoms with E-state index in [1.165, 1.54) is 6.07 Å². The summed E-state index contributed by atoms with van der Waals surface area (Å²) in [6, 6.07) is 6.36. The van der Waals surface area contributed by atoms with Gasteiger partial charge >= 0.3 is 0 Å². The number of nitrogens with two attached hydrogens (primary N) is 1. The molecule has 2 aromatic rings. The van der Waals surface area contributed by atoms with E-state index in [1.54, 1.807) is 30.6 Å². The number of aromatic nitrogens is 2. The van der Waals surface area contributed by atoms with Crippen LogP contribution in [0, 0.1) is 0 Å². The molecule has 2 rings (SSSR count). The van der Waals surface area contributed by atoms with E-state index in [1.807, 2.05) is 0 Å². The minimum atomic E-state index is -3.56. The third kappa shape index (κ3) is 4.68. The molecular weight excluding hydrogens is 323 g/mol. The van der Waals surface area contributed by atoms with Gasteiger partial charge in [-0.05, 0) is 12.1 Å². The summed E-state index contributed by atoms with van der Waals surface area (Å²) in [4.78, 5) is 7.02. The van der Waals surface area contributed by atoms with Crippen molar-refractivity contribution in [3.05, 3.63) is 42.5 Å². The van der Waals surface area contributed by atoms with Gasteiger partial charge in [-0.2, -0.15) is 0 Å². The second-order valence-electron chi connectivity index (χ2n) is 3.72. The van der Waals surface area contributed by atoms with Gasteiger partial charge in [0.15, 0.2) is 0 Å². The smallest absolute Gasteiger partial charge is 0.242 e. The van der Waals surface area contributed by atoms with Gasteiger partial charge in [0.2, 0.25) is 10.0 Å². The highest BCUT2D eigenvalue weighted by Gasteiger charge is 2.16. The van der Waals surface area contributed by atoms with E-state index in [9.17, 15) is 8.42 Å². The minimum absolute atomic E-state index is 0. The van der Waals surface area contributed by atoms with Crippen molar-refractivity contribution >= 4 is 40.5 Å². The molecule has 4 N–H and O–H groups in total. The first-order valence-electron chi connectivity index (χ1n) is 5.42. The van der Waals surface area contributed by atoms with Gasteiger partial charge in [0, 0.05) is 25.4 Å². The standard InChI is InChI=1S/C11H14N4O2S.2ClH/c12-9-3-1-2-4-10(9)18(16,17)15-6-5-11-13-7-8-14-11;;/h1-4,7-8,15H,5-6,12H2,(H,13,14);2*1H. The Morgan fingerprint density at radius 1 is 1.25 bits per heavy atom. The molecule has 0 saturated carbocycles. The highest BCUT2D eigenvalue weighted by molar-refractivity contribution is 7.89. The van der Waals surface area contributed by atoms with Gasteiger partial charge in [-0.15, -0.1) is 24.8 Å². The molecule has 1 aromatic heterocycles. The Balaban J connectivity index is 0.00000180. The van der Waals surface area contributed by atoms with E-state index in [0.717, 1.165) is 5.82 Å². The molecule has 0 amide bonds. The first-order valence-corrected chi connectivity index (χ1v) is 6.90. The lowest BCUT2D eigenvalue weighted by molar-refractivity contribution is 0.581. The number of nitrogens with zero attached hydrogens (tertiary/aromatic N) is 1. The number of imidazole rings is 1. The van der Waals surface area contributed by atoms with Gasteiger partial charge in [0.25, 0.3) is 0 Å². The van der Waals surface area contributed by atoms with Crippen molar-refractivity contribution < 1.29 is 8.42 Å². The number of halogens is 2. The van der Waals surface area contributed by atoms with E-state index in [0.29, 0.717) is 6.42 Å². The number of para-hydroxylation sites is 1. The Hall–Kier alpha value is -1.28. The van der Waals surface area contributed by atoms with Crippen LogP contribution >= 0.6 is 24.8 Å². The average molecular weight is 339 g/mol. The van der Waals surface area contributed by atoms with Gasteiger partial charge < -0.3 is 10.7 Å². The van der Waals surface area contributed by atoms with E-state index in [2.05, 4.69) is 14.7 Å². The summed E-state index contributed by atoms with van der Waals surface area (Å²) in [7, 11) is -3.56. The maximum absolute atomic E-state index is 12.0. The van der Waals surface area contributed by atoms with E-state index in [-0.39, 0.29) is 41.9 Å². The Morgan fingerprint density at radius 3 is 2.55 bits per heavy atom. The second-order valence-corrected chi connectivity index (χ2v) is 5.46. The normalized spacial score (nSPS) is 10.4. The molecule has 0 radical (unpaired) electrons. The molecule has 0 fully saturated rings. The molecule has 0 bridgehead atoms. The number of rotatable bonds is 5. The number of nitrogens with one attached hydrogen (secondary N) is 2. The number of hydrogen-bond donors (Lipinski definition) is 3. The van der Waals surface area contributed by atoms with Crippen molar-refractivity contribution in [3.63, 3.8) is 0 Å². The summed E-state index contributed by atoms with van der Waals surface area (Å²) in [5.74, 6) is 0.735. The molecule has 0 saturated heterocycles. The largest absolute Gasteiger partial charge is 0.398 e. The Bertz CT molecular complexity index is 617. The molecule has 6 nitrogen and oxygen atoms in total. The fourth-order valence-corrected chi connectivity index (χ4v) is 2.70. The summed E-state index contributed by atoms with van der Waals surface area (Å²) in [6.45, 7) is 0.268. The number of H-pyrrole nitrogens is 1. The summed E-state index contributed by atoms with van der Waals surface area (Å²) < 4.78 is 26.4. The molecule has 1 aromatic carbocycles. The number of anilines is 1. The molecule has 9 heteroatoms. The average Bonchev–Trinajstić information content (AvgIpc) is 2.82. The lowest BCUT2D eigenvalue weighted by Crippen LogP contribution is -2.26. The van der Waals surface area contributed by atoms with Crippen molar-refractivity contribution in [3.8, 4) is 0 Å². The third-order valence-corrected chi connectivity index (χ3v) is 3.95. The first-order chi connectivity index (χ1) is 8.59. The zero-order valence-corrected chi connectivity index (χ0v) is 12.9. The molecule has 0 atom stereocenters. The third-order valence-electron chi connectivity index (χ3n) is 2.42. The van der Waals surface area contributed by atoms with E-state index >= 15 is 0 Å². The topological polar surface area (TPSA) is 101 Å². The van der Waals surface area contributed by atoms with Crippen LogP contribution in [0.25, 0.3) is 0 Å². The zero-order valence-electron chi connectivity index (χ0n) is 10.4. The first kappa shape index (κ1) is 18.7. The van der Waals surface area contributed by atoms with Crippen LogP contribution < -0.4 is 10.5 Å². The number of benzene rings is 1. The Morgan fingerprint density at radius 2 is 1.95 bits per heavy atom. The van der Waals surface area contributed by atoms with Crippen LogP contribution in [0.1, 0.15) is 5.82 Å². The zero-order chi connectivity index (χ0) is 13.0. The molecule has 112 valence electrons. The lowest BCUT2D eigenvalue weighted by Gasteiger charge is -2.08. The molecular formula is C11H16Cl2N4O2S. The molecule has 0 spiro atoms. The van der Waals surface area contributed by atoms with Crippen LogP contribution in [0.2, 0.25) is 0 Å². The maximum Gasteiger partial charge on any atom is 0.242 e. The second kappa shape index (κ2) is 8.11. The molecule has 1 heterocycles. The Labute approximate surface area is 130 Å². The SMILES string of the molecule is Cl.Cl.Nc1ccccc1S(=O)(=O)NCCc1ncc[nH]1. The minimum Gasteiger partial charge on any atom is -0.398 e. The van der Waals surface area contributed by atoms with Crippen molar-refractivity contribution in [1.82, 2.24) is 14.7 Å². The van der Waals surface area contributed by atoms with Crippen LogP contribution in [0.5, 0.6) is 0 Å². The fourth-order valence-electron chi connectivity index (χ4n) is 1.54. The van der Waals surface area contributed by atoms with Gasteiger partial charge in [-0.25, -0.2) is 18.1 Å². The number of nitrogen functional groups attached to an aromatic ring is 1. The lowest BCUT2D eigenvalue weighted by atomic mass is 10.3. The monoisotopic (exact) mass is 338 g/mol. The summed E-state index contributed by atoms with van der Waals surface area (Å²) in [5.41, 5.74) is 5.87. The molecule has 0 unspecified atom stereocenters. The van der Waals surface area contributed by atoms with Crippen LogP contribution in [0.15, 0.2) is 41.6 Å². The van der Waals surface area contributed by atoms with Crippen molar-refractivity contribution in [2.24, 2.45) is 0 Å². The number of hydrogen-bond acceptors (Lipinski definition) is 4. The highest BCUT2D eigenvalue weighted by atomic mass is 35.5. The van der Waals surface area contributed by atoms with Crippen molar-refractivity contribution in [2.45, 2.75) is 11.3 Å². The van der Waals surface area contributed by atoms with Gasteiger partial charge in [0.05, 0.1) is 5.69 Å². The summed E-state index contributed by atoms with van der Waals surface area (Å²) >= 11 is 0. The van der Waals surface area contributed by atoms with Crippen LogP contribution in [-0.4, -0.2) is 24.9 Å². The van der Waals surface area contributed by atoms with E-state index in [4.69, 9.17) is 5.73 Å². The molecule has 20 heavy (non-hydrogen) atoms. The predicted octanol–water partition coefficient (Wildman–Crippen LogP) is 1.36. The highest BCUT2D eigenvalue weighted by Crippen LogP contribution is 2.16. The van der Waals surface area contributed by atoms with Crippen LogP contribution in [-0.2, 0) is 16.4 Å². The molecule has 0 aliphatic rings. The fraction of sp³-hybridized carbons (Fsp3) is 0.182. The summed E-state index contributed by atoms with van der Waals surface area (Å²) in [6.07, 6.45) is 3.82. The van der Waals surface area contributed by atoms with Crippen molar-refractivity contribution in [2.75, 3.05) is 12.3 Å². The molecule has 0 aliphatic heterocycles. The number of aromatic amines is 1. The molecule has 0 aliphatic carbocycles. The van der Waals surface area contributed by atoms with Crippen LogP contribution in [0.4, 0.5) is 5.69 Å².